The largest absolute Gasteiger partial charge is 0.444 e. The molecular weight excluding hydrogens is 1600 g/mol. The number of benzene rings is 4. The van der Waals surface area contributed by atoms with Crippen molar-refractivity contribution in [3.05, 3.63) is 169 Å². The third-order valence-electron chi connectivity index (χ3n) is 21.3. The predicted octanol–water partition coefficient (Wildman–Crippen LogP) is 13.2. The SMILES string of the molecule is CC(C)(C)OC(=O)N1CCC[C@@H](n2ccc3cc(Br)ccc3c2=O)C1.CN(C)c1ccc2c(=O)n([C@@H]3CCCN(C(=O)OC(C)(C)C)C3)ccc2c1.CN(C)c1ccc2c(c1)CCN([C@@H]1CCCN(C(=O)OC(C)(C)C)C1)C2=O.CN(C)c1ccc2c(c1)CCN([C@@H]1CCCN(c3cnc(C(N)=O)c(Nc4cnn(C)c4)n3)C1)C2=O.CNC.Cl. The van der Waals surface area contributed by atoms with E-state index in [0.717, 1.165) is 125 Å². The van der Waals surface area contributed by atoms with Crippen LogP contribution in [0.5, 0.6) is 0 Å². The first-order valence-electron chi connectivity index (χ1n) is 40.8. The fourth-order valence-corrected chi connectivity index (χ4v) is 15.8. The Bertz CT molecular complexity index is 5030. The summed E-state index contributed by atoms with van der Waals surface area (Å²) in [6, 6.07) is 27.6. The van der Waals surface area contributed by atoms with E-state index in [4.69, 9.17) is 19.9 Å². The highest BCUT2D eigenvalue weighted by Gasteiger charge is 2.38. The number of rotatable bonds is 11. The number of nitrogens with zero attached hydrogens (tertiary/aromatic N) is 15. The molecule has 6 aliphatic rings. The zero-order valence-corrected chi connectivity index (χ0v) is 74.9. The molecule has 0 radical (unpaired) electrons. The lowest BCUT2D eigenvalue weighted by Crippen LogP contribution is -2.54. The Kier molecular flexibility index (Phi) is 31.1. The number of ether oxygens (including phenoxy) is 3. The summed E-state index contributed by atoms with van der Waals surface area (Å²) in [6.45, 7) is 23.2. The Morgan fingerprint density at radius 1 is 0.521 bits per heavy atom. The van der Waals surface area contributed by atoms with E-state index in [0.29, 0.717) is 81.2 Å². The number of hydrogen-bond donors (Lipinski definition) is 3. The standard InChI is InChI=1S/C25H31N9O2.C21H31N3O3.C21H29N3O3.C19H23BrN2O3.C2H7N.ClH/c1-31(2)18-6-7-20-16(11-18)8-10-34(25(20)36)19-5-4-9-33(15-19)21-13-27-22(23(26)35)24(30-21)29-17-12-28-32(3)14-17;2*1-21(2,3)27-20(26)23-11-6-7-17(14-23)24-12-10-15-13-16(22(4)5)8-9-18(15)19(24)25;1-19(2,3)25-18(24)21-9-4-5-15(12-21)22-10-8-13-11-14(20)6-7-16(13)17(22)23;1-3-2;/h6-7,11-14,19H,4-5,8-10,15H2,1-3H3,(H2,26,35)(H,29,30);8-9,13,17H,6-7,10-12,14H2,1-5H3;8-10,12-13,17H,6-7,11,14H2,1-5H3;6-8,10-11,15H,4-5,9,12H2,1-3H3;3H,1-2H3;1H/t19-;2*17-;15-;;/m1111../s1. The lowest BCUT2D eigenvalue weighted by molar-refractivity contribution is 0.00985. The van der Waals surface area contributed by atoms with Crippen LogP contribution < -0.4 is 47.1 Å². The normalized spacial score (nSPS) is 18.0. The molecule has 6 aliphatic heterocycles. The molecule has 4 atom stereocenters. The maximum Gasteiger partial charge on any atom is 0.410 e. The topological polar surface area (TPSA) is 297 Å². The van der Waals surface area contributed by atoms with Gasteiger partial charge in [0, 0.05) is 189 Å². The van der Waals surface area contributed by atoms with Crippen LogP contribution in [0.25, 0.3) is 21.5 Å². The van der Waals surface area contributed by atoms with Gasteiger partial charge in [-0.25, -0.2) is 24.4 Å². The molecule has 4 N–H and O–H groups in total. The zero-order chi connectivity index (χ0) is 85.8. The monoisotopic (exact) mass is 1720 g/mol. The fourth-order valence-electron chi connectivity index (χ4n) is 15.5. The minimum absolute atomic E-state index is 0. The number of hydrogen-bond acceptors (Lipinski definition) is 20. The van der Waals surface area contributed by atoms with Gasteiger partial charge in [0.05, 0.1) is 30.2 Å². The number of halogens is 2. The van der Waals surface area contributed by atoms with Crippen LogP contribution >= 0.6 is 28.3 Å². The molecule has 6 amide bonds. The minimum Gasteiger partial charge on any atom is -0.444 e. The van der Waals surface area contributed by atoms with Crippen LogP contribution in [0.4, 0.5) is 48.8 Å². The highest BCUT2D eigenvalue weighted by atomic mass is 79.9. The van der Waals surface area contributed by atoms with Crippen LogP contribution in [-0.2, 0) is 34.1 Å². The fraction of sp³-hybridized carbons (Fsp3) is 0.511. The van der Waals surface area contributed by atoms with Crippen LogP contribution in [0, 0.1) is 0 Å². The molecule has 8 aromatic rings. The third kappa shape index (κ3) is 24.2. The van der Waals surface area contributed by atoms with Crippen LogP contribution in [-0.4, -0.2) is 240 Å². The average molecular weight is 1720 g/mol. The van der Waals surface area contributed by atoms with E-state index in [-0.39, 0.29) is 89.3 Å². The van der Waals surface area contributed by atoms with Crippen molar-refractivity contribution >= 4 is 120 Å². The van der Waals surface area contributed by atoms with Gasteiger partial charge in [-0.3, -0.25) is 28.7 Å². The van der Waals surface area contributed by atoms with Crippen molar-refractivity contribution in [2.45, 2.75) is 167 Å². The quantitative estimate of drug-likeness (QED) is 0.101. The Morgan fingerprint density at radius 2 is 0.924 bits per heavy atom. The zero-order valence-electron chi connectivity index (χ0n) is 72.5. The Balaban J connectivity index is 0.000000180. The first-order chi connectivity index (χ1) is 55.8. The van der Waals surface area contributed by atoms with Crippen molar-refractivity contribution in [1.82, 2.24) is 58.7 Å². The Labute approximate surface area is 714 Å². The summed E-state index contributed by atoms with van der Waals surface area (Å²) in [7, 11) is 17.5. The van der Waals surface area contributed by atoms with Gasteiger partial charge in [0.2, 0.25) is 0 Å². The number of nitrogens with two attached hydrogens (primary N) is 1. The summed E-state index contributed by atoms with van der Waals surface area (Å²) in [5, 5.41) is 13.2. The van der Waals surface area contributed by atoms with E-state index in [1.54, 1.807) is 54.2 Å². The van der Waals surface area contributed by atoms with Gasteiger partial charge in [0.15, 0.2) is 11.5 Å². The number of carbonyl (C=O) groups excluding carboxylic acids is 6. The average Bonchev–Trinajstić information content (AvgIpc) is 1.69. The molecule has 0 saturated carbocycles. The first-order valence-corrected chi connectivity index (χ1v) is 41.6. The Morgan fingerprint density at radius 3 is 1.35 bits per heavy atom. The van der Waals surface area contributed by atoms with Crippen LogP contribution in [0.1, 0.15) is 168 Å². The molecule has 4 fully saturated rings. The molecule has 4 aromatic carbocycles. The second-order valence-electron chi connectivity index (χ2n) is 34.6. The predicted molar refractivity (Wildman–Crippen MR) is 477 cm³/mol. The molecule has 0 spiro atoms. The number of fused-ring (bicyclic) bond motifs is 4. The van der Waals surface area contributed by atoms with E-state index in [1.807, 2.05) is 219 Å². The molecule has 0 unspecified atom stereocenters. The molecule has 0 bridgehead atoms. The van der Waals surface area contributed by atoms with Crippen molar-refractivity contribution in [2.75, 3.05) is 147 Å². The van der Waals surface area contributed by atoms with Gasteiger partial charge in [-0.05, 0) is 247 Å². The summed E-state index contributed by atoms with van der Waals surface area (Å²) in [4.78, 5) is 128. The van der Waals surface area contributed by atoms with Crippen molar-refractivity contribution in [1.29, 1.82) is 0 Å². The summed E-state index contributed by atoms with van der Waals surface area (Å²) >= 11 is 3.43. The molecule has 119 heavy (non-hydrogen) atoms. The van der Waals surface area contributed by atoms with Gasteiger partial charge in [-0.1, -0.05) is 15.9 Å². The molecule has 14 rings (SSSR count). The van der Waals surface area contributed by atoms with Crippen LogP contribution in [0.15, 0.2) is 130 Å². The van der Waals surface area contributed by atoms with Crippen molar-refractivity contribution in [3.63, 3.8) is 0 Å². The minimum atomic E-state index is -0.660. The molecule has 4 aromatic heterocycles. The highest BCUT2D eigenvalue weighted by Crippen LogP contribution is 2.34. The van der Waals surface area contributed by atoms with E-state index >= 15 is 0 Å². The number of nitrogens with one attached hydrogen (secondary N) is 2. The van der Waals surface area contributed by atoms with E-state index in [9.17, 15) is 38.4 Å². The number of amides is 6. The van der Waals surface area contributed by atoms with Gasteiger partial charge < -0.3 is 83.8 Å². The molecular formula is C88H122BrClN18O11. The molecule has 10 heterocycles. The number of piperidine rings is 4. The summed E-state index contributed by atoms with van der Waals surface area (Å²) in [5.74, 6) is 0.429. The van der Waals surface area contributed by atoms with Gasteiger partial charge in [-0.2, -0.15) is 5.10 Å². The van der Waals surface area contributed by atoms with Gasteiger partial charge in [-0.15, -0.1) is 12.4 Å². The van der Waals surface area contributed by atoms with E-state index in [2.05, 4.69) is 68.5 Å². The number of carbonyl (C=O) groups is 6. The Hall–Kier alpha value is -10.5. The summed E-state index contributed by atoms with van der Waals surface area (Å²) in [5.41, 5.74) is 11.8. The number of aromatic nitrogens is 6. The van der Waals surface area contributed by atoms with Crippen molar-refractivity contribution < 1.29 is 43.0 Å². The maximum atomic E-state index is 13.4. The second-order valence-corrected chi connectivity index (χ2v) is 35.6. The van der Waals surface area contributed by atoms with Crippen LogP contribution in [0.2, 0.25) is 0 Å². The number of pyridine rings is 2. The van der Waals surface area contributed by atoms with Crippen molar-refractivity contribution in [3.8, 4) is 0 Å². The van der Waals surface area contributed by atoms with E-state index < -0.39 is 22.7 Å². The van der Waals surface area contributed by atoms with Gasteiger partial charge in [0.1, 0.15) is 22.6 Å². The maximum absolute atomic E-state index is 13.4. The number of likely N-dealkylation sites (tertiary alicyclic amines) is 3. The molecule has 29 nitrogen and oxygen atoms in total. The third-order valence-corrected chi connectivity index (χ3v) is 21.7. The smallest absolute Gasteiger partial charge is 0.410 e. The van der Waals surface area contributed by atoms with Gasteiger partial charge >= 0.3 is 18.3 Å². The van der Waals surface area contributed by atoms with Crippen molar-refractivity contribution in [2.24, 2.45) is 12.8 Å². The molecule has 4 saturated heterocycles. The molecule has 0 aliphatic carbocycles. The summed E-state index contributed by atoms with van der Waals surface area (Å²) < 4.78 is 22.6. The van der Waals surface area contributed by atoms with Crippen LogP contribution in [0.3, 0.4) is 0 Å². The lowest BCUT2D eigenvalue weighted by Gasteiger charge is -2.41. The summed E-state index contributed by atoms with van der Waals surface area (Å²) in [6.07, 6.45) is 16.6. The first kappa shape index (κ1) is 92.4. The second kappa shape index (κ2) is 40.1. The number of aryl methyl sites for hydroxylation is 1. The number of primary amides is 1. The molecule has 644 valence electrons. The number of anilines is 6. The lowest BCUT2D eigenvalue weighted by atomic mass is 9.94. The highest BCUT2D eigenvalue weighted by molar-refractivity contribution is 9.10. The van der Waals surface area contributed by atoms with E-state index in [1.165, 1.54) is 0 Å². The van der Waals surface area contributed by atoms with Gasteiger partial charge in [0.25, 0.3) is 28.8 Å². The molecule has 31 heteroatoms.